The summed E-state index contributed by atoms with van der Waals surface area (Å²) in [7, 11) is 0. The Labute approximate surface area is 266 Å². The van der Waals surface area contributed by atoms with Crippen molar-refractivity contribution in [2.24, 2.45) is 11.3 Å². The van der Waals surface area contributed by atoms with Crippen molar-refractivity contribution < 1.29 is 49.5 Å². The van der Waals surface area contributed by atoms with E-state index in [1.54, 1.807) is 0 Å². The molecule has 20 heteroatoms. The van der Waals surface area contributed by atoms with Gasteiger partial charge < -0.3 is 15.2 Å². The summed E-state index contributed by atoms with van der Waals surface area (Å²) in [6, 6.07) is -1.69. The van der Waals surface area contributed by atoms with E-state index in [1.165, 1.54) is 36.8 Å². The van der Waals surface area contributed by atoms with Crippen molar-refractivity contribution >= 4 is 17.5 Å². The molecule has 48 heavy (non-hydrogen) atoms. The second-order valence-electron chi connectivity index (χ2n) is 12.3. The van der Waals surface area contributed by atoms with Crippen molar-refractivity contribution in [1.82, 2.24) is 45.7 Å². The van der Waals surface area contributed by atoms with Crippen molar-refractivity contribution in [3.05, 3.63) is 52.8 Å². The van der Waals surface area contributed by atoms with Gasteiger partial charge in [-0.3, -0.25) is 9.59 Å². The Balaban J connectivity index is 1.33. The lowest BCUT2D eigenvalue weighted by Crippen LogP contribution is -2.40. The van der Waals surface area contributed by atoms with Crippen LogP contribution in [0.25, 0.3) is 5.65 Å². The third-order valence-corrected chi connectivity index (χ3v) is 9.15. The van der Waals surface area contributed by atoms with E-state index in [2.05, 4.69) is 40.5 Å². The zero-order chi connectivity index (χ0) is 34.6. The third kappa shape index (κ3) is 6.30. The summed E-state index contributed by atoms with van der Waals surface area (Å²) in [5.74, 6) is -6.17. The predicted molar refractivity (Wildman–Crippen MR) is 146 cm³/mol. The molecule has 4 aromatic heterocycles. The summed E-state index contributed by atoms with van der Waals surface area (Å²) < 4.78 is 107. The third-order valence-electron chi connectivity index (χ3n) is 9.15. The summed E-state index contributed by atoms with van der Waals surface area (Å²) in [5.41, 5.74) is -2.81. The molecule has 2 N–H and O–H groups in total. The number of hydrogen-bond acceptors (Lipinski definition) is 10. The zero-order valence-corrected chi connectivity index (χ0v) is 25.3. The molecule has 1 saturated heterocycles. The van der Waals surface area contributed by atoms with E-state index < -0.39 is 90.3 Å². The molecule has 4 aromatic rings. The van der Waals surface area contributed by atoms with E-state index in [-0.39, 0.29) is 42.3 Å². The highest BCUT2D eigenvalue weighted by atomic mass is 19.4. The second kappa shape index (κ2) is 12.1. The monoisotopic (exact) mass is 687 g/mol. The first kappa shape index (κ1) is 33.3. The number of nitrogens with zero attached hydrogens (tertiary/aromatic N) is 7. The molecule has 2 fully saturated rings. The molecule has 1 aliphatic carbocycles. The molecular weight excluding hydrogens is 659 g/mol. The normalized spacial score (nSPS) is 23.0. The van der Waals surface area contributed by atoms with Crippen LogP contribution in [0.1, 0.15) is 96.6 Å². The van der Waals surface area contributed by atoms with Gasteiger partial charge in [0.05, 0.1) is 35.5 Å². The van der Waals surface area contributed by atoms with E-state index in [4.69, 9.17) is 4.52 Å². The van der Waals surface area contributed by atoms with Gasteiger partial charge in [0.2, 0.25) is 23.4 Å². The molecule has 0 unspecified atom stereocenters. The van der Waals surface area contributed by atoms with Gasteiger partial charge in [-0.1, -0.05) is 12.1 Å². The lowest BCUT2D eigenvalue weighted by molar-refractivity contribution is -0.155. The Kier molecular flexibility index (Phi) is 8.39. The van der Waals surface area contributed by atoms with Crippen molar-refractivity contribution in [2.75, 3.05) is 0 Å². The highest BCUT2D eigenvalue weighted by Crippen LogP contribution is 2.48. The van der Waals surface area contributed by atoms with Gasteiger partial charge in [0.1, 0.15) is 6.04 Å². The van der Waals surface area contributed by atoms with E-state index >= 15 is 0 Å². The molecule has 0 aromatic carbocycles. The number of rotatable bonds is 9. The van der Waals surface area contributed by atoms with Crippen molar-refractivity contribution in [3.63, 3.8) is 0 Å². The molecule has 2 aliphatic rings. The molecule has 1 saturated carbocycles. The van der Waals surface area contributed by atoms with Gasteiger partial charge in [0, 0.05) is 12.8 Å². The Morgan fingerprint density at radius 1 is 1.17 bits per heavy atom. The zero-order valence-electron chi connectivity index (χ0n) is 25.3. The number of halogens is 7. The average molecular weight is 688 g/mol. The maximum absolute atomic E-state index is 14.0. The molecule has 13 nitrogen and oxygen atoms in total. The smallest absolute Gasteiger partial charge is 0.344 e. The minimum atomic E-state index is -4.72. The lowest BCUT2D eigenvalue weighted by Gasteiger charge is -2.33. The van der Waals surface area contributed by atoms with Crippen LogP contribution in [0.3, 0.4) is 0 Å². The van der Waals surface area contributed by atoms with Crippen molar-refractivity contribution in [3.8, 4) is 0 Å². The van der Waals surface area contributed by atoms with Crippen LogP contribution in [-0.4, -0.2) is 65.0 Å². The van der Waals surface area contributed by atoms with Crippen LogP contribution in [0.5, 0.6) is 0 Å². The fourth-order valence-corrected chi connectivity index (χ4v) is 6.49. The topological polar surface area (TPSA) is 166 Å². The second-order valence-corrected chi connectivity index (χ2v) is 12.3. The first-order valence-electron chi connectivity index (χ1n) is 14.9. The summed E-state index contributed by atoms with van der Waals surface area (Å²) in [5, 5.41) is 19.0. The van der Waals surface area contributed by atoms with Gasteiger partial charge in [-0.2, -0.15) is 23.3 Å². The molecule has 258 valence electrons. The molecule has 4 atom stereocenters. The molecule has 6 rings (SSSR count). The van der Waals surface area contributed by atoms with Gasteiger partial charge in [0.25, 0.3) is 12.3 Å². The fourth-order valence-electron chi connectivity index (χ4n) is 6.49. The minimum Gasteiger partial charge on any atom is -0.344 e. The van der Waals surface area contributed by atoms with Gasteiger partial charge in [-0.15, -0.1) is 0 Å². The molecule has 0 spiro atoms. The summed E-state index contributed by atoms with van der Waals surface area (Å²) in [4.78, 5) is 35.0. The van der Waals surface area contributed by atoms with E-state index in [0.29, 0.717) is 5.56 Å². The number of imidazole rings is 1. The number of aryl methyl sites for hydroxylation is 1. The Morgan fingerprint density at radius 3 is 2.52 bits per heavy atom. The average Bonchev–Trinajstić information content (AvgIpc) is 3.82. The number of fused-ring (bicyclic) bond motifs is 1. The first-order chi connectivity index (χ1) is 22.6. The van der Waals surface area contributed by atoms with Crippen LogP contribution in [-0.2, 0) is 11.2 Å². The van der Waals surface area contributed by atoms with Crippen LogP contribution in [0.4, 0.5) is 30.7 Å². The molecule has 0 bridgehead atoms. The fraction of sp³-hybridized carbons (Fsp3) is 0.571. The summed E-state index contributed by atoms with van der Waals surface area (Å²) in [6.07, 6.45) is -7.02. The largest absolute Gasteiger partial charge is 0.408 e. The number of alkyl halides is 7. The lowest BCUT2D eigenvalue weighted by atomic mass is 9.70. The Hall–Kier alpha value is -4.65. The maximum Gasteiger partial charge on any atom is 0.408 e. The molecule has 5 heterocycles. The standard InChI is InChI=1S/C28H28F7N9O4/c1-12(24-37-13(2)41-47-24)26(9-17(28(33,34)35)39-25(26)46)8-14-7-18-38-16(11-44(18)36-10-14)19(15-3-5-27(31,32)6-4-15)40-23(45)21-20(22(29)30)42-48-43-21/h7,10-12,15,17,19,22H,3-6,8-9H2,1-2H3,(H,39,46)(H,40,45)/t12-,17+,19+,26+/m1/s1. The number of amides is 2. The van der Waals surface area contributed by atoms with Gasteiger partial charge in [-0.05, 0) is 60.5 Å². The molecule has 2 amide bonds. The summed E-state index contributed by atoms with van der Waals surface area (Å²) >= 11 is 0. The van der Waals surface area contributed by atoms with Gasteiger partial charge in [0.15, 0.2) is 17.2 Å². The SMILES string of the molecule is Cc1noc([C@@H](C)[C@]2(Cc3cnn4cc([C@@H](NC(=O)c5nonc5C(F)F)C5CCC(F)(F)CC5)nc4c3)C[C@@H](C(F)(F)F)NC2=O)n1. The van der Waals surface area contributed by atoms with Crippen LogP contribution >= 0.6 is 0 Å². The minimum absolute atomic E-state index is 0.0171. The number of hydrogen-bond donors (Lipinski definition) is 2. The van der Waals surface area contributed by atoms with Crippen LogP contribution < -0.4 is 10.6 Å². The van der Waals surface area contributed by atoms with E-state index in [0.717, 1.165) is 0 Å². The van der Waals surface area contributed by atoms with E-state index in [1.807, 2.05) is 5.32 Å². The molecule has 1 aliphatic heterocycles. The Bertz CT molecular complexity index is 1810. The number of carbonyl (C=O) groups is 2. The van der Waals surface area contributed by atoms with E-state index in [9.17, 15) is 40.3 Å². The number of aromatic nitrogens is 7. The highest BCUT2D eigenvalue weighted by Gasteiger charge is 2.59. The Morgan fingerprint density at radius 2 is 1.90 bits per heavy atom. The predicted octanol–water partition coefficient (Wildman–Crippen LogP) is 4.82. The highest BCUT2D eigenvalue weighted by molar-refractivity contribution is 5.93. The van der Waals surface area contributed by atoms with Crippen LogP contribution in [0.2, 0.25) is 0 Å². The van der Waals surface area contributed by atoms with Gasteiger partial charge >= 0.3 is 6.18 Å². The maximum atomic E-state index is 14.0. The molecule has 0 radical (unpaired) electrons. The van der Waals surface area contributed by atoms with Crippen molar-refractivity contribution in [2.45, 2.75) is 88.9 Å². The molecular formula is C28H28F7N9O4. The first-order valence-corrected chi connectivity index (χ1v) is 14.9. The quantitative estimate of drug-likeness (QED) is 0.233. The number of carbonyl (C=O) groups excluding carboxylic acids is 2. The van der Waals surface area contributed by atoms with Gasteiger partial charge in [-0.25, -0.2) is 31.7 Å². The summed E-state index contributed by atoms with van der Waals surface area (Å²) in [6.45, 7) is 3.05. The van der Waals surface area contributed by atoms with Crippen LogP contribution in [0.15, 0.2) is 27.6 Å². The number of nitrogens with one attached hydrogen (secondary N) is 2. The van der Waals surface area contributed by atoms with Crippen LogP contribution in [0, 0.1) is 18.3 Å². The van der Waals surface area contributed by atoms with Crippen molar-refractivity contribution in [1.29, 1.82) is 0 Å².